The van der Waals surface area contributed by atoms with Crippen LogP contribution in [-0.2, 0) is 24.1 Å². The number of fused-ring (bicyclic) bond motifs is 1. The fourth-order valence-electron chi connectivity index (χ4n) is 4.35. The summed E-state index contributed by atoms with van der Waals surface area (Å²) in [5.41, 5.74) is 11.3. The first-order valence-electron chi connectivity index (χ1n) is 10.9. The normalized spacial score (nSPS) is 13.5. The van der Waals surface area contributed by atoms with Gasteiger partial charge in [-0.15, -0.1) is 11.3 Å². The van der Waals surface area contributed by atoms with Crippen LogP contribution in [0.5, 0.6) is 0 Å². The second kappa shape index (κ2) is 8.82. The van der Waals surface area contributed by atoms with E-state index in [-0.39, 0.29) is 12.3 Å². The highest BCUT2D eigenvalue weighted by Crippen LogP contribution is 2.37. The largest absolute Gasteiger partial charge is 0.365 e. The number of carbonyl (C=O) groups excluding carboxylic acids is 2. The monoisotopic (exact) mass is 452 g/mol. The van der Waals surface area contributed by atoms with Gasteiger partial charge in [0.25, 0.3) is 11.9 Å². The molecule has 0 saturated heterocycles. The molecule has 0 unspecified atom stereocenters. The Morgan fingerprint density at radius 2 is 1.78 bits per heavy atom. The zero-order valence-electron chi connectivity index (χ0n) is 18.9. The van der Waals surface area contributed by atoms with Crippen LogP contribution in [0.15, 0.2) is 6.07 Å². The van der Waals surface area contributed by atoms with Gasteiger partial charge in [0.05, 0.1) is 17.7 Å². The number of hydrogen-bond donors (Lipinski definition) is 2. The first kappa shape index (κ1) is 22.1. The topological polar surface area (TPSA) is 116 Å². The second-order valence-electron chi connectivity index (χ2n) is 8.37. The standard InChI is InChI=1S/C23H28N6O2S/c1-12-10-13(2)26-23(25-12)29-15(4)17(14(3)28-29)11-19(30)27-22-20(21(24)31)16-8-6-5-7-9-18(16)32-22/h10H,5-9,11H2,1-4H3,(H2,24,31)(H,27,30). The van der Waals surface area contributed by atoms with Gasteiger partial charge >= 0.3 is 0 Å². The maximum absolute atomic E-state index is 13.0. The Balaban J connectivity index is 1.59. The number of rotatable bonds is 5. The Morgan fingerprint density at radius 3 is 2.47 bits per heavy atom. The van der Waals surface area contributed by atoms with Crippen LogP contribution in [0.25, 0.3) is 5.95 Å². The van der Waals surface area contributed by atoms with Crippen molar-refractivity contribution in [1.82, 2.24) is 19.7 Å². The van der Waals surface area contributed by atoms with Gasteiger partial charge in [-0.3, -0.25) is 9.59 Å². The number of thiophene rings is 1. The van der Waals surface area contributed by atoms with Gasteiger partial charge in [0, 0.05) is 27.5 Å². The lowest BCUT2D eigenvalue weighted by molar-refractivity contribution is -0.115. The summed E-state index contributed by atoms with van der Waals surface area (Å²) in [6.07, 6.45) is 5.18. The highest BCUT2D eigenvalue weighted by Gasteiger charge is 2.25. The van der Waals surface area contributed by atoms with Gasteiger partial charge in [0.15, 0.2) is 0 Å². The highest BCUT2D eigenvalue weighted by atomic mass is 32.1. The van der Waals surface area contributed by atoms with E-state index in [2.05, 4.69) is 20.4 Å². The van der Waals surface area contributed by atoms with Gasteiger partial charge in [0.1, 0.15) is 5.00 Å². The number of anilines is 1. The maximum atomic E-state index is 13.0. The molecule has 3 aromatic heterocycles. The summed E-state index contributed by atoms with van der Waals surface area (Å²) >= 11 is 1.48. The summed E-state index contributed by atoms with van der Waals surface area (Å²) in [5, 5.41) is 8.09. The lowest BCUT2D eigenvalue weighted by atomic mass is 10.0. The van der Waals surface area contributed by atoms with Crippen molar-refractivity contribution in [2.24, 2.45) is 5.73 Å². The Kier molecular flexibility index (Phi) is 6.10. The van der Waals surface area contributed by atoms with E-state index in [1.165, 1.54) is 16.2 Å². The zero-order chi connectivity index (χ0) is 23.0. The van der Waals surface area contributed by atoms with Gasteiger partial charge in [-0.2, -0.15) is 5.10 Å². The van der Waals surface area contributed by atoms with Crippen LogP contribution < -0.4 is 11.1 Å². The molecule has 0 aromatic carbocycles. The van der Waals surface area contributed by atoms with Crippen LogP contribution in [0.2, 0.25) is 0 Å². The van der Waals surface area contributed by atoms with E-state index < -0.39 is 5.91 Å². The summed E-state index contributed by atoms with van der Waals surface area (Å²) in [5.74, 6) is -0.185. The average Bonchev–Trinajstić information content (AvgIpc) is 3.08. The van der Waals surface area contributed by atoms with Gasteiger partial charge in [-0.1, -0.05) is 6.42 Å². The third-order valence-electron chi connectivity index (χ3n) is 5.86. The minimum absolute atomic E-state index is 0.142. The maximum Gasteiger partial charge on any atom is 0.251 e. The molecular formula is C23H28N6O2S. The predicted octanol–water partition coefficient (Wildman–Crippen LogP) is 3.51. The minimum atomic E-state index is -0.480. The molecule has 0 spiro atoms. The molecule has 3 N–H and O–H groups in total. The number of aryl methyl sites for hydroxylation is 4. The van der Waals surface area contributed by atoms with Gasteiger partial charge in [-0.25, -0.2) is 14.6 Å². The first-order valence-corrected chi connectivity index (χ1v) is 11.7. The molecule has 4 rings (SSSR count). The molecule has 32 heavy (non-hydrogen) atoms. The van der Waals surface area contributed by atoms with Crippen molar-refractivity contribution in [2.75, 3.05) is 5.32 Å². The number of aromatic nitrogens is 4. The van der Waals surface area contributed by atoms with Crippen molar-refractivity contribution in [1.29, 1.82) is 0 Å². The molecule has 9 heteroatoms. The van der Waals surface area contributed by atoms with Crippen molar-refractivity contribution >= 4 is 28.2 Å². The summed E-state index contributed by atoms with van der Waals surface area (Å²) < 4.78 is 1.68. The van der Waals surface area contributed by atoms with E-state index in [0.717, 1.165) is 66.0 Å². The molecule has 0 radical (unpaired) electrons. The molecule has 1 aliphatic carbocycles. The first-order chi connectivity index (χ1) is 15.2. The average molecular weight is 453 g/mol. The smallest absolute Gasteiger partial charge is 0.251 e. The Morgan fingerprint density at radius 1 is 1.09 bits per heavy atom. The van der Waals surface area contributed by atoms with Gasteiger partial charge < -0.3 is 11.1 Å². The molecular weight excluding hydrogens is 424 g/mol. The molecule has 2 amide bonds. The van der Waals surface area contributed by atoms with Crippen LogP contribution in [0.1, 0.15) is 68.4 Å². The molecule has 0 saturated carbocycles. The lowest BCUT2D eigenvalue weighted by Crippen LogP contribution is -2.19. The van der Waals surface area contributed by atoms with Crippen LogP contribution in [0, 0.1) is 27.7 Å². The number of carbonyl (C=O) groups is 2. The molecule has 0 bridgehead atoms. The van der Waals surface area contributed by atoms with Crippen molar-refractivity contribution in [3.63, 3.8) is 0 Å². The van der Waals surface area contributed by atoms with Crippen LogP contribution in [-0.4, -0.2) is 31.6 Å². The number of nitrogens with zero attached hydrogens (tertiary/aromatic N) is 4. The van der Waals surface area contributed by atoms with Crippen molar-refractivity contribution in [3.8, 4) is 5.95 Å². The number of primary amides is 1. The summed E-state index contributed by atoms with van der Waals surface area (Å²) in [6.45, 7) is 7.61. The predicted molar refractivity (Wildman–Crippen MR) is 125 cm³/mol. The molecule has 8 nitrogen and oxygen atoms in total. The molecule has 1 aliphatic rings. The fraction of sp³-hybridized carbons (Fsp3) is 0.435. The lowest BCUT2D eigenvalue weighted by Gasteiger charge is -2.08. The van der Waals surface area contributed by atoms with Crippen LogP contribution in [0.3, 0.4) is 0 Å². The molecule has 0 atom stereocenters. The van der Waals surface area contributed by atoms with E-state index >= 15 is 0 Å². The van der Waals surface area contributed by atoms with Crippen molar-refractivity contribution in [2.45, 2.75) is 66.2 Å². The number of hydrogen-bond acceptors (Lipinski definition) is 6. The summed E-state index contributed by atoms with van der Waals surface area (Å²) in [4.78, 5) is 35.3. The van der Waals surface area contributed by atoms with E-state index in [4.69, 9.17) is 5.73 Å². The summed E-state index contributed by atoms with van der Waals surface area (Å²) in [6, 6.07) is 1.91. The molecule has 0 fully saturated rings. The van der Waals surface area contributed by atoms with Gasteiger partial charge in [-0.05, 0) is 65.0 Å². The highest BCUT2D eigenvalue weighted by molar-refractivity contribution is 7.17. The van der Waals surface area contributed by atoms with Crippen molar-refractivity contribution in [3.05, 3.63) is 50.4 Å². The third-order valence-corrected chi connectivity index (χ3v) is 7.07. The SMILES string of the molecule is Cc1cc(C)nc(-n2nc(C)c(CC(=O)Nc3sc4c(c3C(N)=O)CCCCC4)c2C)n1. The number of amides is 2. The van der Waals surface area contributed by atoms with Gasteiger partial charge in [0.2, 0.25) is 5.91 Å². The quantitative estimate of drug-likeness (QED) is 0.575. The van der Waals surface area contributed by atoms with E-state index in [9.17, 15) is 9.59 Å². The fourth-order valence-corrected chi connectivity index (χ4v) is 5.66. The summed E-state index contributed by atoms with van der Waals surface area (Å²) in [7, 11) is 0. The van der Waals surface area contributed by atoms with Crippen LogP contribution in [0.4, 0.5) is 5.00 Å². The van der Waals surface area contributed by atoms with E-state index in [1.54, 1.807) is 4.68 Å². The Labute approximate surface area is 191 Å². The molecule has 3 heterocycles. The molecule has 3 aromatic rings. The number of nitrogens with one attached hydrogen (secondary N) is 1. The zero-order valence-corrected chi connectivity index (χ0v) is 19.7. The Hall–Kier alpha value is -3.07. The number of nitrogens with two attached hydrogens (primary N) is 1. The van der Waals surface area contributed by atoms with Crippen molar-refractivity contribution < 1.29 is 9.59 Å². The second-order valence-corrected chi connectivity index (χ2v) is 9.47. The van der Waals surface area contributed by atoms with Crippen LogP contribution >= 0.6 is 11.3 Å². The molecule has 0 aliphatic heterocycles. The Bertz CT molecular complexity index is 1190. The van der Waals surface area contributed by atoms with E-state index in [0.29, 0.717) is 16.5 Å². The third kappa shape index (κ3) is 4.29. The van der Waals surface area contributed by atoms with E-state index in [1.807, 2.05) is 33.8 Å². The molecule has 168 valence electrons. The minimum Gasteiger partial charge on any atom is -0.365 e.